The number of rotatable bonds is 8. The van der Waals surface area contributed by atoms with Gasteiger partial charge in [0, 0.05) is 31.8 Å². The van der Waals surface area contributed by atoms with Crippen LogP contribution >= 0.6 is 0 Å². The van der Waals surface area contributed by atoms with Crippen LogP contribution in [0.1, 0.15) is 46.0 Å². The van der Waals surface area contributed by atoms with Crippen LogP contribution in [0.25, 0.3) is 0 Å². The highest BCUT2D eigenvalue weighted by Crippen LogP contribution is 2.34. The van der Waals surface area contributed by atoms with Crippen molar-refractivity contribution >= 4 is 5.97 Å². The summed E-state index contributed by atoms with van der Waals surface area (Å²) < 4.78 is 5.48. The molecule has 1 saturated heterocycles. The summed E-state index contributed by atoms with van der Waals surface area (Å²) in [7, 11) is 0. The third-order valence-corrected chi connectivity index (χ3v) is 5.44. The molecule has 1 saturated carbocycles. The molecule has 2 fully saturated rings. The second kappa shape index (κ2) is 7.56. The van der Waals surface area contributed by atoms with Gasteiger partial charge in [-0.2, -0.15) is 0 Å². The molecule has 0 bridgehead atoms. The van der Waals surface area contributed by atoms with Crippen molar-refractivity contribution in [1.82, 2.24) is 10.2 Å². The summed E-state index contributed by atoms with van der Waals surface area (Å²) in [6, 6.07) is 1.000. The fourth-order valence-corrected chi connectivity index (χ4v) is 3.55. The number of hydrogen-bond donors (Lipinski definition) is 2. The molecule has 5 nitrogen and oxygen atoms in total. The van der Waals surface area contributed by atoms with Crippen molar-refractivity contribution in [2.45, 2.75) is 58.0 Å². The lowest BCUT2D eigenvalue weighted by Gasteiger charge is -2.45. The van der Waals surface area contributed by atoms with Crippen LogP contribution in [0.15, 0.2) is 0 Å². The average molecular weight is 298 g/mol. The number of nitrogens with one attached hydrogen (secondary N) is 1. The number of nitrogens with zero attached hydrogens (tertiary/aromatic N) is 1. The van der Waals surface area contributed by atoms with Crippen molar-refractivity contribution in [3.05, 3.63) is 0 Å². The third kappa shape index (κ3) is 4.41. The van der Waals surface area contributed by atoms with E-state index in [1.165, 1.54) is 6.42 Å². The lowest BCUT2D eigenvalue weighted by molar-refractivity contribution is -0.139. The van der Waals surface area contributed by atoms with Gasteiger partial charge in [0.1, 0.15) is 0 Å². The predicted octanol–water partition coefficient (Wildman–Crippen LogP) is 1.72. The normalized spacial score (nSPS) is 28.3. The minimum Gasteiger partial charge on any atom is -0.480 e. The molecular formula is C16H30N2O3. The fourth-order valence-electron chi connectivity index (χ4n) is 3.55. The third-order valence-electron chi connectivity index (χ3n) is 5.44. The van der Waals surface area contributed by atoms with Gasteiger partial charge in [0.25, 0.3) is 0 Å². The smallest absolute Gasteiger partial charge is 0.317 e. The first-order valence-corrected chi connectivity index (χ1v) is 8.35. The van der Waals surface area contributed by atoms with E-state index < -0.39 is 5.97 Å². The molecule has 0 aromatic heterocycles. The highest BCUT2D eigenvalue weighted by atomic mass is 16.5. The Morgan fingerprint density at radius 2 is 2.00 bits per heavy atom. The van der Waals surface area contributed by atoms with Crippen LogP contribution in [0, 0.1) is 5.41 Å². The molecule has 0 unspecified atom stereocenters. The van der Waals surface area contributed by atoms with E-state index in [2.05, 4.69) is 17.1 Å². The van der Waals surface area contributed by atoms with Gasteiger partial charge >= 0.3 is 5.97 Å². The number of likely N-dealkylation sites (N-methyl/N-ethyl adjacent to an activating group) is 1. The first-order valence-electron chi connectivity index (χ1n) is 8.35. The first kappa shape index (κ1) is 16.7. The molecule has 21 heavy (non-hydrogen) atoms. The number of carbonyl (C=O) groups is 1. The summed E-state index contributed by atoms with van der Waals surface area (Å²) in [5.74, 6) is -0.722. The average Bonchev–Trinajstić information content (AvgIpc) is 2.44. The van der Waals surface area contributed by atoms with Crippen LogP contribution < -0.4 is 5.32 Å². The van der Waals surface area contributed by atoms with Crippen LogP contribution in [-0.2, 0) is 9.53 Å². The van der Waals surface area contributed by atoms with E-state index >= 15 is 0 Å². The molecule has 1 aliphatic heterocycles. The van der Waals surface area contributed by atoms with Gasteiger partial charge in [-0.1, -0.05) is 13.8 Å². The van der Waals surface area contributed by atoms with Crippen LogP contribution in [0.2, 0.25) is 0 Å². The Labute approximate surface area is 128 Å². The maximum absolute atomic E-state index is 10.8. The molecule has 0 radical (unpaired) electrons. The maximum Gasteiger partial charge on any atom is 0.317 e. The lowest BCUT2D eigenvalue weighted by Crippen LogP contribution is -2.55. The molecule has 1 heterocycles. The quantitative estimate of drug-likeness (QED) is 0.714. The number of aliphatic carboxylic acids is 1. The Hall–Kier alpha value is -0.650. The zero-order valence-electron chi connectivity index (χ0n) is 13.4. The van der Waals surface area contributed by atoms with Gasteiger partial charge < -0.3 is 15.2 Å². The maximum atomic E-state index is 10.8. The molecule has 5 heteroatoms. The predicted molar refractivity (Wildman–Crippen MR) is 82.5 cm³/mol. The van der Waals surface area contributed by atoms with Crippen molar-refractivity contribution in [2.24, 2.45) is 5.41 Å². The summed E-state index contributed by atoms with van der Waals surface area (Å²) in [6.45, 7) is 8.18. The van der Waals surface area contributed by atoms with Crippen molar-refractivity contribution in [3.8, 4) is 0 Å². The summed E-state index contributed by atoms with van der Waals surface area (Å²) in [5, 5.41) is 12.6. The minimum absolute atomic E-state index is 0.171. The number of carboxylic acids is 1. The summed E-state index contributed by atoms with van der Waals surface area (Å²) in [5.41, 5.74) is 0.412. The highest BCUT2D eigenvalue weighted by molar-refractivity contribution is 5.69. The molecule has 2 N–H and O–H groups in total. The van der Waals surface area contributed by atoms with Crippen LogP contribution in [0.5, 0.6) is 0 Å². The van der Waals surface area contributed by atoms with E-state index in [1.807, 2.05) is 6.92 Å². The topological polar surface area (TPSA) is 61.8 Å². The molecule has 0 aromatic rings. The standard InChI is InChI=1S/C16H30N2O3/c1-3-16(5-7-21-8-6-16)12-17-13-9-14(10-13)18(4-2)11-15(19)20/h13-14,17H,3-12H2,1-2H3,(H,19,20). The van der Waals surface area contributed by atoms with E-state index in [9.17, 15) is 4.79 Å². The number of carboxylic acid groups (broad SMARTS) is 1. The summed E-state index contributed by atoms with van der Waals surface area (Å²) in [6.07, 6.45) is 5.69. The van der Waals surface area contributed by atoms with Crippen molar-refractivity contribution < 1.29 is 14.6 Å². The molecule has 0 spiro atoms. The summed E-state index contributed by atoms with van der Waals surface area (Å²) in [4.78, 5) is 12.9. The molecular weight excluding hydrogens is 268 g/mol. The first-order chi connectivity index (χ1) is 10.1. The Morgan fingerprint density at radius 1 is 1.33 bits per heavy atom. The van der Waals surface area contributed by atoms with Gasteiger partial charge in [0.15, 0.2) is 0 Å². The zero-order chi connectivity index (χ0) is 15.3. The molecule has 122 valence electrons. The van der Waals surface area contributed by atoms with Crippen molar-refractivity contribution in [2.75, 3.05) is 32.8 Å². The molecule has 2 aliphatic rings. The highest BCUT2D eigenvalue weighted by Gasteiger charge is 2.36. The van der Waals surface area contributed by atoms with Gasteiger partial charge in [0.2, 0.25) is 0 Å². The number of hydrogen-bond acceptors (Lipinski definition) is 4. The van der Waals surface area contributed by atoms with Gasteiger partial charge in [-0.3, -0.25) is 9.69 Å². The number of ether oxygens (including phenoxy) is 1. The fraction of sp³-hybridized carbons (Fsp3) is 0.938. The van der Waals surface area contributed by atoms with E-state index in [0.29, 0.717) is 17.5 Å². The van der Waals surface area contributed by atoms with E-state index in [-0.39, 0.29) is 6.54 Å². The SMILES string of the molecule is CCN(CC(=O)O)C1CC(NCC2(CC)CCOCC2)C1. The van der Waals surface area contributed by atoms with Crippen LogP contribution in [0.3, 0.4) is 0 Å². The lowest BCUT2D eigenvalue weighted by atomic mass is 9.76. The van der Waals surface area contributed by atoms with Crippen LogP contribution in [0.4, 0.5) is 0 Å². The Morgan fingerprint density at radius 3 is 2.52 bits per heavy atom. The Kier molecular flexibility index (Phi) is 6.02. The minimum atomic E-state index is -0.722. The molecule has 0 atom stereocenters. The second-order valence-corrected chi connectivity index (χ2v) is 6.63. The zero-order valence-corrected chi connectivity index (χ0v) is 13.4. The van der Waals surface area contributed by atoms with Gasteiger partial charge in [-0.05, 0) is 44.1 Å². The van der Waals surface area contributed by atoms with E-state index in [4.69, 9.17) is 9.84 Å². The molecule has 0 aromatic carbocycles. The van der Waals surface area contributed by atoms with Crippen molar-refractivity contribution in [1.29, 1.82) is 0 Å². The van der Waals surface area contributed by atoms with Gasteiger partial charge in [-0.15, -0.1) is 0 Å². The molecule has 1 aliphatic carbocycles. The van der Waals surface area contributed by atoms with E-state index in [0.717, 1.165) is 52.0 Å². The summed E-state index contributed by atoms with van der Waals surface area (Å²) >= 11 is 0. The molecule has 0 amide bonds. The van der Waals surface area contributed by atoms with Crippen LogP contribution in [-0.4, -0.2) is 60.9 Å². The second-order valence-electron chi connectivity index (χ2n) is 6.63. The van der Waals surface area contributed by atoms with Gasteiger partial charge in [0.05, 0.1) is 6.54 Å². The van der Waals surface area contributed by atoms with Gasteiger partial charge in [-0.25, -0.2) is 0 Å². The molecule has 2 rings (SSSR count). The monoisotopic (exact) mass is 298 g/mol. The Bertz CT molecular complexity index is 336. The van der Waals surface area contributed by atoms with E-state index in [1.54, 1.807) is 0 Å². The Balaban J connectivity index is 1.71. The van der Waals surface area contributed by atoms with Crippen molar-refractivity contribution in [3.63, 3.8) is 0 Å². The largest absolute Gasteiger partial charge is 0.480 e.